The lowest BCUT2D eigenvalue weighted by Gasteiger charge is -2.30. The summed E-state index contributed by atoms with van der Waals surface area (Å²) in [6, 6.07) is 5.59. The van der Waals surface area contributed by atoms with Gasteiger partial charge in [-0.05, 0) is 48.8 Å². The van der Waals surface area contributed by atoms with Gasteiger partial charge in [-0.25, -0.2) is 8.42 Å². The highest BCUT2D eigenvalue weighted by Gasteiger charge is 2.32. The molecule has 1 aliphatic rings. The van der Waals surface area contributed by atoms with E-state index in [1.807, 2.05) is 29.8 Å². The maximum Gasteiger partial charge on any atom is 0.252 e. The molecule has 1 atom stereocenters. The Balaban J connectivity index is 1.45. The van der Waals surface area contributed by atoms with Gasteiger partial charge in [0.25, 0.3) is 10.0 Å². The third-order valence-electron chi connectivity index (χ3n) is 4.77. The summed E-state index contributed by atoms with van der Waals surface area (Å²) < 4.78 is 33.4. The fourth-order valence-corrected chi connectivity index (χ4v) is 6.96. The van der Waals surface area contributed by atoms with E-state index in [4.69, 9.17) is 4.52 Å². The molecule has 0 saturated carbocycles. The number of hydrogen-bond acceptors (Lipinski definition) is 7. The molecule has 3 aromatic heterocycles. The highest BCUT2D eigenvalue weighted by molar-refractivity contribution is 7.91. The third kappa shape index (κ3) is 4.01. The van der Waals surface area contributed by atoms with Gasteiger partial charge in [-0.3, -0.25) is 0 Å². The maximum absolute atomic E-state index is 13.0. The molecule has 3 aromatic rings. The van der Waals surface area contributed by atoms with Crippen LogP contribution in [-0.4, -0.2) is 36.0 Å². The summed E-state index contributed by atoms with van der Waals surface area (Å²) in [5.74, 6) is 1.36. The third-order valence-corrected chi connectivity index (χ3v) is 9.02. The zero-order valence-corrected chi connectivity index (χ0v) is 17.4. The first-order chi connectivity index (χ1) is 13.1. The molecule has 0 N–H and O–H groups in total. The largest absolute Gasteiger partial charge is 0.339 e. The van der Waals surface area contributed by atoms with Crippen LogP contribution in [0, 0.1) is 5.92 Å². The average Bonchev–Trinajstić information content (AvgIpc) is 3.42. The molecule has 4 heterocycles. The summed E-state index contributed by atoms with van der Waals surface area (Å²) in [4.78, 5) is 5.56. The lowest BCUT2D eigenvalue weighted by molar-refractivity contribution is 0.247. The number of rotatable bonds is 6. The van der Waals surface area contributed by atoms with Gasteiger partial charge in [0.2, 0.25) is 11.7 Å². The van der Waals surface area contributed by atoms with Crippen LogP contribution in [0.4, 0.5) is 0 Å². The van der Waals surface area contributed by atoms with Crippen LogP contribution >= 0.6 is 22.7 Å². The predicted octanol–water partition coefficient (Wildman–Crippen LogP) is 4.07. The average molecular weight is 424 g/mol. The van der Waals surface area contributed by atoms with Crippen LogP contribution in [0.5, 0.6) is 0 Å². The standard InChI is InChI=1S/C18H21N3O3S3/c1-2-15-5-6-17(26-15)27(22,23)21-8-3-4-13(11-21)10-16-19-18(20-24-16)14-7-9-25-12-14/h5-7,9,12-13H,2-4,8,10-11H2,1H3. The number of aryl methyl sites for hydroxylation is 1. The first-order valence-electron chi connectivity index (χ1n) is 9.00. The van der Waals surface area contributed by atoms with Gasteiger partial charge in [0.05, 0.1) is 0 Å². The van der Waals surface area contributed by atoms with Crippen molar-refractivity contribution in [2.75, 3.05) is 13.1 Å². The lowest BCUT2D eigenvalue weighted by Crippen LogP contribution is -2.40. The van der Waals surface area contributed by atoms with E-state index >= 15 is 0 Å². The Kier molecular flexibility index (Phi) is 5.45. The quantitative estimate of drug-likeness (QED) is 0.597. The van der Waals surface area contributed by atoms with Crippen molar-refractivity contribution < 1.29 is 12.9 Å². The van der Waals surface area contributed by atoms with Crippen LogP contribution in [0.25, 0.3) is 11.4 Å². The van der Waals surface area contributed by atoms with Crippen LogP contribution in [-0.2, 0) is 22.9 Å². The molecule has 0 spiro atoms. The van der Waals surface area contributed by atoms with Crippen molar-refractivity contribution in [3.8, 4) is 11.4 Å². The Hall–Kier alpha value is -1.55. The Morgan fingerprint density at radius 2 is 2.22 bits per heavy atom. The molecular weight excluding hydrogens is 402 g/mol. The normalized spacial score (nSPS) is 18.8. The Morgan fingerprint density at radius 3 is 2.96 bits per heavy atom. The maximum atomic E-state index is 13.0. The van der Waals surface area contributed by atoms with E-state index in [-0.39, 0.29) is 5.92 Å². The van der Waals surface area contributed by atoms with Crippen molar-refractivity contribution in [2.45, 2.75) is 36.8 Å². The molecule has 0 aromatic carbocycles. The monoisotopic (exact) mass is 423 g/mol. The number of piperidine rings is 1. The smallest absolute Gasteiger partial charge is 0.252 e. The summed E-state index contributed by atoms with van der Waals surface area (Å²) in [6.45, 7) is 3.11. The van der Waals surface area contributed by atoms with Crippen molar-refractivity contribution >= 4 is 32.7 Å². The highest BCUT2D eigenvalue weighted by Crippen LogP contribution is 2.30. The van der Waals surface area contributed by atoms with Crippen LogP contribution in [0.2, 0.25) is 0 Å². The first kappa shape index (κ1) is 18.8. The second kappa shape index (κ2) is 7.83. The van der Waals surface area contributed by atoms with Crippen molar-refractivity contribution in [2.24, 2.45) is 5.92 Å². The first-order valence-corrected chi connectivity index (χ1v) is 12.2. The minimum absolute atomic E-state index is 0.190. The Bertz CT molecular complexity index is 992. The van der Waals surface area contributed by atoms with Crippen molar-refractivity contribution in [3.05, 3.63) is 39.7 Å². The molecule has 1 saturated heterocycles. The van der Waals surface area contributed by atoms with E-state index in [0.717, 1.165) is 29.7 Å². The van der Waals surface area contributed by atoms with Gasteiger partial charge in [0.15, 0.2) is 0 Å². The molecule has 0 bridgehead atoms. The van der Waals surface area contributed by atoms with Crippen LogP contribution in [0.3, 0.4) is 0 Å². The molecule has 27 heavy (non-hydrogen) atoms. The van der Waals surface area contributed by atoms with Gasteiger partial charge in [0.1, 0.15) is 4.21 Å². The lowest BCUT2D eigenvalue weighted by atomic mass is 9.96. The minimum Gasteiger partial charge on any atom is -0.339 e. The molecule has 6 nitrogen and oxygen atoms in total. The molecule has 9 heteroatoms. The highest BCUT2D eigenvalue weighted by atomic mass is 32.2. The number of nitrogens with zero attached hydrogens (tertiary/aromatic N) is 3. The molecule has 1 unspecified atom stereocenters. The van der Waals surface area contributed by atoms with Crippen molar-refractivity contribution in [3.63, 3.8) is 0 Å². The molecule has 0 amide bonds. The fourth-order valence-electron chi connectivity index (χ4n) is 3.32. The van der Waals surface area contributed by atoms with Gasteiger partial charge in [-0.15, -0.1) is 11.3 Å². The van der Waals surface area contributed by atoms with E-state index < -0.39 is 10.0 Å². The van der Waals surface area contributed by atoms with Crippen LogP contribution in [0.1, 0.15) is 30.5 Å². The Labute approximate surface area is 166 Å². The molecule has 4 rings (SSSR count). The molecular formula is C18H21N3O3S3. The topological polar surface area (TPSA) is 76.3 Å². The van der Waals surface area contributed by atoms with Crippen molar-refractivity contribution in [1.82, 2.24) is 14.4 Å². The summed E-state index contributed by atoms with van der Waals surface area (Å²) in [7, 11) is -3.42. The van der Waals surface area contributed by atoms with Crippen LogP contribution < -0.4 is 0 Å². The summed E-state index contributed by atoms with van der Waals surface area (Å²) in [6.07, 6.45) is 3.27. The Morgan fingerprint density at radius 1 is 1.33 bits per heavy atom. The number of thiophene rings is 2. The van der Waals surface area contributed by atoms with Gasteiger partial charge < -0.3 is 4.52 Å². The summed E-state index contributed by atoms with van der Waals surface area (Å²) in [5.41, 5.74) is 0.951. The second-order valence-electron chi connectivity index (χ2n) is 6.67. The molecule has 1 fully saturated rings. The van der Waals surface area contributed by atoms with Gasteiger partial charge in [-0.1, -0.05) is 12.1 Å². The van der Waals surface area contributed by atoms with E-state index in [1.54, 1.807) is 21.7 Å². The number of sulfonamides is 1. The molecule has 0 radical (unpaired) electrons. The summed E-state index contributed by atoms with van der Waals surface area (Å²) >= 11 is 2.96. The number of aromatic nitrogens is 2. The summed E-state index contributed by atoms with van der Waals surface area (Å²) in [5, 5.41) is 8.00. The predicted molar refractivity (Wildman–Crippen MR) is 106 cm³/mol. The van der Waals surface area contributed by atoms with Gasteiger partial charge in [0, 0.05) is 35.3 Å². The van der Waals surface area contributed by atoms with Gasteiger partial charge >= 0.3 is 0 Å². The van der Waals surface area contributed by atoms with E-state index in [0.29, 0.717) is 35.4 Å². The van der Waals surface area contributed by atoms with E-state index in [9.17, 15) is 8.42 Å². The number of hydrogen-bond donors (Lipinski definition) is 0. The van der Waals surface area contributed by atoms with E-state index in [2.05, 4.69) is 10.1 Å². The molecule has 1 aliphatic heterocycles. The zero-order chi connectivity index (χ0) is 18.9. The minimum atomic E-state index is -3.42. The van der Waals surface area contributed by atoms with Crippen molar-refractivity contribution in [1.29, 1.82) is 0 Å². The zero-order valence-electron chi connectivity index (χ0n) is 15.0. The fraction of sp³-hybridized carbons (Fsp3) is 0.444. The van der Waals surface area contributed by atoms with E-state index in [1.165, 1.54) is 11.3 Å². The van der Waals surface area contributed by atoms with Crippen LogP contribution in [0.15, 0.2) is 37.7 Å². The molecule has 144 valence electrons. The second-order valence-corrected chi connectivity index (χ2v) is 10.8. The van der Waals surface area contributed by atoms with Gasteiger partial charge in [-0.2, -0.15) is 20.6 Å². The molecule has 0 aliphatic carbocycles. The SMILES string of the molecule is CCc1ccc(S(=O)(=O)N2CCCC(Cc3nc(-c4ccsc4)no3)C2)s1.